The molecule has 0 aliphatic rings. The molecule has 7 heteroatoms. The van der Waals surface area contributed by atoms with Crippen LogP contribution in [0, 0.1) is 0 Å². The van der Waals surface area contributed by atoms with Crippen LogP contribution in [0.15, 0.2) is 0 Å². The minimum Gasteiger partial charge on any atom is -0.251 e. The minimum absolute atomic E-state index is 0.396. The predicted molar refractivity (Wildman–Crippen MR) is 28.4 cm³/mol. The second-order valence-electron chi connectivity index (χ2n) is 1.53. The van der Waals surface area contributed by atoms with Crippen molar-refractivity contribution in [2.45, 2.75) is 6.42 Å². The smallest absolute Gasteiger partial charge is 0.251 e. The maximum absolute atomic E-state index is 11.3. The topological polar surface area (TPSA) is 37.4 Å². The highest BCUT2D eigenvalue weighted by molar-refractivity contribution is 7.88. The van der Waals surface area contributed by atoms with E-state index < -0.39 is 33.6 Å². The van der Waals surface area contributed by atoms with E-state index in [4.69, 9.17) is 0 Å². The average molecular weight is 177 g/mol. The molecule has 0 aromatic carbocycles. The maximum atomic E-state index is 11.3. The van der Waals surface area contributed by atoms with Gasteiger partial charge in [-0.3, -0.25) is 4.39 Å². The first-order valence-corrected chi connectivity index (χ1v) is 4.02. The molecule has 0 aliphatic carbocycles. The molecule has 0 N–H and O–H groups in total. The molecule has 0 radical (unpaired) electrons. The summed E-state index contributed by atoms with van der Waals surface area (Å²) in [4.78, 5) is 0. The summed E-state index contributed by atoms with van der Waals surface area (Å²) < 4.78 is 52.1. The third kappa shape index (κ3) is 3.02. The molecular weight excluding hydrogens is 171 g/mol. The average Bonchev–Trinajstić information content (AvgIpc) is 1.84. The summed E-state index contributed by atoms with van der Waals surface area (Å²) in [5.41, 5.74) is 0. The fourth-order valence-corrected chi connectivity index (χ4v) is 0.918. The monoisotopic (exact) mass is 177 g/mol. The van der Waals surface area contributed by atoms with E-state index in [1.165, 1.54) is 0 Å². The van der Waals surface area contributed by atoms with Gasteiger partial charge in [-0.05, 0) is 6.42 Å². The van der Waals surface area contributed by atoms with Crippen molar-refractivity contribution in [3.63, 3.8) is 0 Å². The van der Waals surface area contributed by atoms with Gasteiger partial charge in [0.05, 0.1) is 12.4 Å². The van der Waals surface area contributed by atoms with Crippen LogP contribution in [0.5, 0.6) is 0 Å². The van der Waals surface area contributed by atoms with Crippen LogP contribution >= 0.6 is 0 Å². The minimum atomic E-state index is -4.50. The molecule has 0 heterocycles. The van der Waals surface area contributed by atoms with Crippen LogP contribution in [-0.2, 0) is 10.0 Å². The second kappa shape index (κ2) is 3.77. The molecule has 0 aromatic heterocycles. The van der Waals surface area contributed by atoms with Crippen molar-refractivity contribution in [3.05, 3.63) is 0 Å². The van der Waals surface area contributed by atoms with Gasteiger partial charge in [0.25, 0.3) is 10.0 Å². The maximum Gasteiger partial charge on any atom is 0.268 e. The molecule has 0 saturated carbocycles. The Bertz CT molecular complexity index is 178. The molecule has 0 atom stereocenters. The number of rotatable bonds is 4. The normalized spacial score (nSPS) is 12.4. The van der Waals surface area contributed by atoms with Gasteiger partial charge in [-0.25, -0.2) is 8.42 Å². The summed E-state index contributed by atoms with van der Waals surface area (Å²) in [6.07, 6.45) is -0.396. The molecule has 62 valence electrons. The number of hydrogen-bond donors (Lipinski definition) is 0. The summed E-state index contributed by atoms with van der Waals surface area (Å²) in [7, 11) is -4.50. The highest BCUT2D eigenvalue weighted by Crippen LogP contribution is 2.03. The van der Waals surface area contributed by atoms with Crippen LogP contribution in [0.25, 0.3) is 0 Å². The zero-order chi connectivity index (χ0) is 8.20. The van der Waals surface area contributed by atoms with E-state index in [9.17, 15) is 21.8 Å². The van der Waals surface area contributed by atoms with E-state index in [2.05, 4.69) is 0 Å². The Morgan fingerprint density at radius 2 is 1.80 bits per heavy atom. The molecular formula is C3H6F3NO2S. The summed E-state index contributed by atoms with van der Waals surface area (Å²) in [5.74, 6) is -0.851. The SMILES string of the molecule is O=S(=O)(CCCF)N(F)F. The first-order chi connectivity index (χ1) is 4.50. The first-order valence-electron chi connectivity index (χ1n) is 2.41. The van der Waals surface area contributed by atoms with Crippen LogP contribution in [-0.4, -0.2) is 25.6 Å². The van der Waals surface area contributed by atoms with Crippen molar-refractivity contribution in [1.82, 2.24) is 4.75 Å². The van der Waals surface area contributed by atoms with Gasteiger partial charge in [-0.1, -0.05) is 8.96 Å². The van der Waals surface area contributed by atoms with Crippen molar-refractivity contribution >= 4 is 10.0 Å². The van der Waals surface area contributed by atoms with Crippen molar-refractivity contribution in [2.75, 3.05) is 12.4 Å². The lowest BCUT2D eigenvalue weighted by Crippen LogP contribution is -2.18. The lowest BCUT2D eigenvalue weighted by atomic mass is 10.6. The van der Waals surface area contributed by atoms with Gasteiger partial charge in [0.1, 0.15) is 4.75 Å². The molecule has 0 spiro atoms. The summed E-state index contributed by atoms with van der Waals surface area (Å²) in [5, 5.41) is 0. The number of halogens is 3. The summed E-state index contributed by atoms with van der Waals surface area (Å²) in [6, 6.07) is 0. The second-order valence-corrected chi connectivity index (χ2v) is 3.38. The molecule has 0 fully saturated rings. The molecule has 3 nitrogen and oxygen atoms in total. The predicted octanol–water partition coefficient (Wildman–Crippen LogP) is 0.747. The van der Waals surface area contributed by atoms with Gasteiger partial charge >= 0.3 is 0 Å². The van der Waals surface area contributed by atoms with Gasteiger partial charge in [-0.2, -0.15) is 0 Å². The molecule has 0 aromatic rings. The lowest BCUT2D eigenvalue weighted by Gasteiger charge is -1.99. The van der Waals surface area contributed by atoms with Crippen LogP contribution in [0.4, 0.5) is 13.4 Å². The van der Waals surface area contributed by atoms with Crippen LogP contribution < -0.4 is 0 Å². The van der Waals surface area contributed by atoms with Gasteiger partial charge in [0.15, 0.2) is 0 Å². The highest BCUT2D eigenvalue weighted by Gasteiger charge is 2.20. The van der Waals surface area contributed by atoms with E-state index in [0.29, 0.717) is 0 Å². The Hall–Kier alpha value is -0.300. The van der Waals surface area contributed by atoms with Gasteiger partial charge in [0, 0.05) is 0 Å². The molecule has 0 unspecified atom stereocenters. The van der Waals surface area contributed by atoms with Crippen LogP contribution in [0.3, 0.4) is 0 Å². The van der Waals surface area contributed by atoms with Gasteiger partial charge in [0.2, 0.25) is 0 Å². The van der Waals surface area contributed by atoms with Crippen molar-refractivity contribution < 1.29 is 21.8 Å². The standard InChI is InChI=1S/C3H6F3NO2S/c4-2-1-3-10(8,9)7(5)6/h1-3H2. The van der Waals surface area contributed by atoms with E-state index in [-0.39, 0.29) is 0 Å². The summed E-state index contributed by atoms with van der Waals surface area (Å²) >= 11 is 0. The van der Waals surface area contributed by atoms with Crippen molar-refractivity contribution in [2.24, 2.45) is 0 Å². The number of hydrogen-bond acceptors (Lipinski definition) is 2. The molecule has 10 heavy (non-hydrogen) atoms. The van der Waals surface area contributed by atoms with E-state index in [0.717, 1.165) is 0 Å². The van der Waals surface area contributed by atoms with Crippen LogP contribution in [0.1, 0.15) is 6.42 Å². The molecule has 0 saturated heterocycles. The molecule has 0 aliphatic heterocycles. The van der Waals surface area contributed by atoms with Gasteiger partial charge in [-0.15, -0.1) is 0 Å². The fraction of sp³-hybridized carbons (Fsp3) is 1.00. The third-order valence-corrected chi connectivity index (χ3v) is 1.97. The van der Waals surface area contributed by atoms with Crippen molar-refractivity contribution in [1.29, 1.82) is 0 Å². The molecule has 0 amide bonds. The Labute approximate surface area is 56.4 Å². The van der Waals surface area contributed by atoms with E-state index in [1.54, 1.807) is 0 Å². The number of alkyl halides is 1. The Morgan fingerprint density at radius 1 is 1.30 bits per heavy atom. The zero-order valence-corrected chi connectivity index (χ0v) is 5.74. The van der Waals surface area contributed by atoms with Gasteiger partial charge < -0.3 is 0 Å². The lowest BCUT2D eigenvalue weighted by molar-refractivity contribution is -0.0538. The summed E-state index contributed by atoms with van der Waals surface area (Å²) in [6.45, 7) is -0.910. The highest BCUT2D eigenvalue weighted by atomic mass is 32.2. The van der Waals surface area contributed by atoms with Crippen LogP contribution in [0.2, 0.25) is 0 Å². The zero-order valence-electron chi connectivity index (χ0n) is 4.93. The Balaban J connectivity index is 3.90. The first kappa shape index (κ1) is 9.70. The van der Waals surface area contributed by atoms with Crippen molar-refractivity contribution in [3.8, 4) is 0 Å². The number of nitrogens with zero attached hydrogens (tertiary/aromatic N) is 1. The third-order valence-electron chi connectivity index (χ3n) is 0.746. The van der Waals surface area contributed by atoms with E-state index >= 15 is 0 Å². The Morgan fingerprint density at radius 3 is 2.10 bits per heavy atom. The Kier molecular flexibility index (Phi) is 3.66. The molecule has 0 bridgehead atoms. The number of sulfonamides is 1. The largest absolute Gasteiger partial charge is 0.268 e. The fourth-order valence-electron chi connectivity index (χ4n) is 0.306. The molecule has 0 rings (SSSR count). The quantitative estimate of drug-likeness (QED) is 0.594. The van der Waals surface area contributed by atoms with E-state index in [1.807, 2.05) is 0 Å².